The molecule has 1 fully saturated rings. The van der Waals surface area contributed by atoms with Crippen LogP contribution in [0.5, 0.6) is 0 Å². The van der Waals surface area contributed by atoms with Crippen molar-refractivity contribution in [3.8, 4) is 0 Å². The summed E-state index contributed by atoms with van der Waals surface area (Å²) in [7, 11) is 0. The van der Waals surface area contributed by atoms with Crippen LogP contribution in [0.3, 0.4) is 0 Å². The van der Waals surface area contributed by atoms with Crippen molar-refractivity contribution in [2.24, 2.45) is 0 Å². The van der Waals surface area contributed by atoms with Crippen molar-refractivity contribution in [3.05, 3.63) is 34.6 Å². The van der Waals surface area contributed by atoms with Gasteiger partial charge < -0.3 is 9.64 Å². The molecular formula is C21H29N5O2S. The van der Waals surface area contributed by atoms with Gasteiger partial charge in [0.1, 0.15) is 0 Å². The monoisotopic (exact) mass is 415 g/mol. The average Bonchev–Trinajstić information content (AvgIpc) is 3.18. The number of aryl methyl sites for hydroxylation is 1. The molecular weight excluding hydrogens is 386 g/mol. The minimum absolute atomic E-state index is 0.0122. The van der Waals surface area contributed by atoms with Crippen molar-refractivity contribution in [3.63, 3.8) is 0 Å². The van der Waals surface area contributed by atoms with Crippen molar-refractivity contribution in [2.45, 2.75) is 44.3 Å². The van der Waals surface area contributed by atoms with Crippen LogP contribution in [0, 0.1) is 0 Å². The Bertz CT molecular complexity index is 1010. The molecule has 29 heavy (non-hydrogen) atoms. The third-order valence-corrected chi connectivity index (χ3v) is 6.35. The van der Waals surface area contributed by atoms with Crippen molar-refractivity contribution in [2.75, 3.05) is 38.6 Å². The van der Waals surface area contributed by atoms with Gasteiger partial charge in [0.25, 0.3) is 5.56 Å². The molecule has 7 nitrogen and oxygen atoms in total. The zero-order valence-electron chi connectivity index (χ0n) is 17.0. The maximum atomic E-state index is 13.1. The van der Waals surface area contributed by atoms with Crippen LogP contribution in [-0.4, -0.2) is 62.7 Å². The smallest absolute Gasteiger partial charge is 0.262 e. The highest BCUT2D eigenvalue weighted by molar-refractivity contribution is 7.99. The number of aromatic nitrogens is 4. The second-order valence-corrected chi connectivity index (χ2v) is 8.46. The lowest BCUT2D eigenvalue weighted by molar-refractivity contribution is 0.141. The predicted molar refractivity (Wildman–Crippen MR) is 117 cm³/mol. The molecule has 0 saturated carbocycles. The van der Waals surface area contributed by atoms with Gasteiger partial charge in [-0.25, -0.2) is 0 Å². The number of likely N-dealkylation sites (tertiary alicyclic amines) is 1. The third-order valence-electron chi connectivity index (χ3n) is 5.44. The Labute approximate surface area is 175 Å². The van der Waals surface area contributed by atoms with E-state index in [1.807, 2.05) is 35.6 Å². The maximum absolute atomic E-state index is 13.1. The summed E-state index contributed by atoms with van der Waals surface area (Å²) < 4.78 is 9.22. The van der Waals surface area contributed by atoms with Gasteiger partial charge in [-0.05, 0) is 51.4 Å². The molecule has 0 radical (unpaired) electrons. The van der Waals surface area contributed by atoms with E-state index in [9.17, 15) is 4.79 Å². The molecule has 1 aliphatic heterocycles. The van der Waals surface area contributed by atoms with E-state index in [0.717, 1.165) is 29.4 Å². The van der Waals surface area contributed by atoms with Crippen LogP contribution >= 0.6 is 11.8 Å². The SMILES string of the molecule is CCOCCCn1c(=O)c2ccccc2n2c(SCCN3CCCCC3)nnc12. The van der Waals surface area contributed by atoms with Crippen LogP contribution in [0.1, 0.15) is 32.6 Å². The standard InChI is InChI=1S/C21H29N5O2S/c1-2-28-15-8-13-25-19(27)17-9-4-5-10-18(17)26-20(25)22-23-21(26)29-16-14-24-11-6-3-7-12-24/h4-5,9-10H,2-3,6-8,11-16H2,1H3. The van der Waals surface area contributed by atoms with Crippen LogP contribution < -0.4 is 5.56 Å². The molecule has 2 aromatic heterocycles. The topological polar surface area (TPSA) is 64.7 Å². The molecule has 0 unspecified atom stereocenters. The fourth-order valence-corrected chi connectivity index (χ4v) is 4.89. The Balaban J connectivity index is 1.62. The first kappa shape index (κ1) is 20.4. The van der Waals surface area contributed by atoms with Crippen molar-refractivity contribution >= 4 is 28.4 Å². The number of nitrogens with zero attached hydrogens (tertiary/aromatic N) is 5. The van der Waals surface area contributed by atoms with Crippen LogP contribution in [0.2, 0.25) is 0 Å². The van der Waals surface area contributed by atoms with Gasteiger partial charge in [0.05, 0.1) is 10.9 Å². The summed E-state index contributed by atoms with van der Waals surface area (Å²) in [6.45, 7) is 7.33. The maximum Gasteiger partial charge on any atom is 0.262 e. The minimum Gasteiger partial charge on any atom is -0.382 e. The Kier molecular flexibility index (Phi) is 6.84. The molecule has 156 valence electrons. The van der Waals surface area contributed by atoms with E-state index in [1.54, 1.807) is 16.3 Å². The molecule has 3 heterocycles. The van der Waals surface area contributed by atoms with E-state index in [1.165, 1.54) is 32.4 Å². The fraction of sp³-hybridized carbons (Fsp3) is 0.571. The lowest BCUT2D eigenvalue weighted by Gasteiger charge is -2.25. The molecule has 1 saturated heterocycles. The second-order valence-electron chi connectivity index (χ2n) is 7.39. The first-order chi connectivity index (χ1) is 14.3. The first-order valence-electron chi connectivity index (χ1n) is 10.6. The van der Waals surface area contributed by atoms with E-state index in [-0.39, 0.29) is 5.56 Å². The molecule has 4 rings (SSSR count). The van der Waals surface area contributed by atoms with E-state index in [2.05, 4.69) is 15.1 Å². The predicted octanol–water partition coefficient (Wildman–Crippen LogP) is 3.05. The molecule has 1 aromatic carbocycles. The summed E-state index contributed by atoms with van der Waals surface area (Å²) in [6, 6.07) is 7.74. The summed E-state index contributed by atoms with van der Waals surface area (Å²) in [5.41, 5.74) is 0.862. The zero-order valence-corrected chi connectivity index (χ0v) is 17.9. The van der Waals surface area contributed by atoms with Crippen LogP contribution in [0.15, 0.2) is 34.2 Å². The molecule has 0 amide bonds. The number of ether oxygens (including phenoxy) is 1. The largest absolute Gasteiger partial charge is 0.382 e. The Morgan fingerprint density at radius 1 is 1.10 bits per heavy atom. The van der Waals surface area contributed by atoms with Gasteiger partial charge in [0.15, 0.2) is 5.16 Å². The van der Waals surface area contributed by atoms with Crippen molar-refractivity contribution in [1.29, 1.82) is 0 Å². The minimum atomic E-state index is -0.0122. The Morgan fingerprint density at radius 2 is 1.93 bits per heavy atom. The van der Waals surface area contributed by atoms with Crippen molar-refractivity contribution < 1.29 is 4.74 Å². The van der Waals surface area contributed by atoms with Gasteiger partial charge in [-0.1, -0.05) is 30.3 Å². The van der Waals surface area contributed by atoms with E-state index >= 15 is 0 Å². The zero-order chi connectivity index (χ0) is 20.1. The highest BCUT2D eigenvalue weighted by Crippen LogP contribution is 2.22. The molecule has 0 spiro atoms. The number of thioether (sulfide) groups is 1. The van der Waals surface area contributed by atoms with Gasteiger partial charge >= 0.3 is 0 Å². The van der Waals surface area contributed by atoms with Gasteiger partial charge in [-0.3, -0.25) is 13.8 Å². The normalized spacial score (nSPS) is 15.5. The number of piperidine rings is 1. The lowest BCUT2D eigenvalue weighted by Crippen LogP contribution is -2.31. The highest BCUT2D eigenvalue weighted by Gasteiger charge is 2.17. The average molecular weight is 416 g/mol. The number of hydrogen-bond donors (Lipinski definition) is 0. The van der Waals surface area contributed by atoms with Gasteiger partial charge in [-0.15, -0.1) is 10.2 Å². The number of benzene rings is 1. The summed E-state index contributed by atoms with van der Waals surface area (Å²) >= 11 is 1.72. The molecule has 0 N–H and O–H groups in total. The summed E-state index contributed by atoms with van der Waals surface area (Å²) in [5.74, 6) is 1.59. The number of hydrogen-bond acceptors (Lipinski definition) is 6. The Hall–Kier alpha value is -1.90. The van der Waals surface area contributed by atoms with Gasteiger partial charge in [0, 0.05) is 32.1 Å². The number of rotatable bonds is 9. The molecule has 0 bridgehead atoms. The van der Waals surface area contributed by atoms with E-state index < -0.39 is 0 Å². The van der Waals surface area contributed by atoms with Crippen LogP contribution in [-0.2, 0) is 11.3 Å². The summed E-state index contributed by atoms with van der Waals surface area (Å²) in [6.07, 6.45) is 4.73. The van der Waals surface area contributed by atoms with Crippen molar-refractivity contribution in [1.82, 2.24) is 24.1 Å². The van der Waals surface area contributed by atoms with E-state index in [0.29, 0.717) is 30.9 Å². The number of para-hydroxylation sites is 1. The van der Waals surface area contributed by atoms with E-state index in [4.69, 9.17) is 4.74 Å². The highest BCUT2D eigenvalue weighted by atomic mass is 32.2. The molecule has 0 aliphatic carbocycles. The summed E-state index contributed by atoms with van der Waals surface area (Å²) in [5, 5.41) is 10.4. The van der Waals surface area contributed by atoms with Gasteiger partial charge in [-0.2, -0.15) is 0 Å². The third kappa shape index (κ3) is 4.49. The first-order valence-corrected chi connectivity index (χ1v) is 11.6. The number of fused-ring (bicyclic) bond motifs is 3. The fourth-order valence-electron chi connectivity index (χ4n) is 3.95. The van der Waals surface area contributed by atoms with Gasteiger partial charge in [0.2, 0.25) is 5.78 Å². The molecule has 3 aromatic rings. The van der Waals surface area contributed by atoms with Crippen LogP contribution in [0.4, 0.5) is 0 Å². The summed E-state index contributed by atoms with van der Waals surface area (Å²) in [4.78, 5) is 15.6. The lowest BCUT2D eigenvalue weighted by atomic mass is 10.1. The molecule has 8 heteroatoms. The second kappa shape index (κ2) is 9.73. The quantitative estimate of drug-likeness (QED) is 0.395. The Morgan fingerprint density at radius 3 is 2.76 bits per heavy atom. The van der Waals surface area contributed by atoms with Crippen LogP contribution in [0.25, 0.3) is 16.7 Å². The molecule has 1 aliphatic rings. The molecule has 0 atom stereocenters.